The third kappa shape index (κ3) is 4.36. The van der Waals surface area contributed by atoms with Crippen LogP contribution in [0.1, 0.15) is 10.4 Å². The number of nitro benzene ring substituents is 1. The maximum absolute atomic E-state index is 12.0. The second-order valence-corrected chi connectivity index (χ2v) is 6.42. The largest absolute Gasteiger partial charge is 0.497 e. The molecule has 0 radical (unpaired) electrons. The first-order valence-corrected chi connectivity index (χ1v) is 8.55. The van der Waals surface area contributed by atoms with E-state index in [1.54, 1.807) is 19.2 Å². The molecule has 0 aliphatic rings. The van der Waals surface area contributed by atoms with Gasteiger partial charge in [0.1, 0.15) is 5.75 Å². The van der Waals surface area contributed by atoms with Crippen LogP contribution in [0.15, 0.2) is 42.5 Å². The zero-order valence-electron chi connectivity index (χ0n) is 14.1. The number of thiazole rings is 1. The van der Waals surface area contributed by atoms with Gasteiger partial charge in [-0.25, -0.2) is 4.98 Å². The first-order chi connectivity index (χ1) is 13.0. The van der Waals surface area contributed by atoms with Crippen molar-refractivity contribution in [2.75, 3.05) is 19.0 Å². The highest BCUT2D eigenvalue weighted by Gasteiger charge is 2.13. The predicted octanol–water partition coefficient (Wildman–Crippen LogP) is 2.58. The molecule has 1 heterocycles. The summed E-state index contributed by atoms with van der Waals surface area (Å²) in [4.78, 5) is 38.5. The van der Waals surface area contributed by atoms with Crippen LogP contribution in [0.4, 0.5) is 10.8 Å². The van der Waals surface area contributed by atoms with Crippen LogP contribution in [-0.2, 0) is 4.79 Å². The number of non-ortho nitro benzene ring substituents is 1. The van der Waals surface area contributed by atoms with Gasteiger partial charge in [0, 0.05) is 17.7 Å². The number of carbonyl (C=O) groups is 2. The molecule has 2 amide bonds. The molecule has 0 saturated carbocycles. The van der Waals surface area contributed by atoms with Crippen LogP contribution in [-0.4, -0.2) is 35.4 Å². The summed E-state index contributed by atoms with van der Waals surface area (Å²) in [5, 5.41) is 16.2. The molecule has 3 rings (SSSR count). The molecule has 0 aliphatic carbocycles. The molecule has 0 bridgehead atoms. The molecule has 10 heteroatoms. The maximum Gasteiger partial charge on any atom is 0.270 e. The average Bonchev–Trinajstić information content (AvgIpc) is 3.07. The Labute approximate surface area is 157 Å². The Hall–Kier alpha value is -3.53. The second kappa shape index (κ2) is 7.79. The number of fused-ring (bicyclic) bond motifs is 1. The number of carbonyl (C=O) groups excluding carboxylic acids is 2. The summed E-state index contributed by atoms with van der Waals surface area (Å²) in [6.07, 6.45) is 0. The van der Waals surface area contributed by atoms with E-state index >= 15 is 0 Å². The van der Waals surface area contributed by atoms with E-state index in [-0.39, 0.29) is 17.8 Å². The van der Waals surface area contributed by atoms with Crippen LogP contribution in [0.3, 0.4) is 0 Å². The minimum Gasteiger partial charge on any atom is -0.497 e. The lowest BCUT2D eigenvalue weighted by Crippen LogP contribution is -2.32. The van der Waals surface area contributed by atoms with Crippen molar-refractivity contribution in [3.05, 3.63) is 58.1 Å². The summed E-state index contributed by atoms with van der Waals surface area (Å²) < 4.78 is 6.00. The number of hydrogen-bond acceptors (Lipinski definition) is 7. The smallest absolute Gasteiger partial charge is 0.270 e. The molecule has 0 unspecified atom stereocenters. The summed E-state index contributed by atoms with van der Waals surface area (Å²) in [5.74, 6) is -0.351. The van der Waals surface area contributed by atoms with Gasteiger partial charge in [-0.1, -0.05) is 17.4 Å². The first-order valence-electron chi connectivity index (χ1n) is 7.73. The van der Waals surface area contributed by atoms with Crippen LogP contribution < -0.4 is 15.4 Å². The van der Waals surface area contributed by atoms with Crippen LogP contribution in [0.5, 0.6) is 5.75 Å². The number of amides is 2. The summed E-state index contributed by atoms with van der Waals surface area (Å²) >= 11 is 1.28. The van der Waals surface area contributed by atoms with Crippen molar-refractivity contribution in [1.29, 1.82) is 0 Å². The second-order valence-electron chi connectivity index (χ2n) is 5.39. The third-order valence-electron chi connectivity index (χ3n) is 3.57. The normalized spacial score (nSPS) is 10.4. The van der Waals surface area contributed by atoms with Crippen LogP contribution in [0.25, 0.3) is 10.2 Å². The van der Waals surface area contributed by atoms with Crippen molar-refractivity contribution >= 4 is 44.2 Å². The molecule has 138 valence electrons. The van der Waals surface area contributed by atoms with Crippen LogP contribution in [0.2, 0.25) is 0 Å². The monoisotopic (exact) mass is 386 g/mol. The summed E-state index contributed by atoms with van der Waals surface area (Å²) in [5.41, 5.74) is 0.623. The van der Waals surface area contributed by atoms with Crippen molar-refractivity contribution in [2.24, 2.45) is 0 Å². The number of aromatic nitrogens is 1. The van der Waals surface area contributed by atoms with Gasteiger partial charge in [-0.15, -0.1) is 0 Å². The molecule has 0 atom stereocenters. The SMILES string of the molecule is COc1ccc2nc(NC(=O)CNC(=O)c3cccc([N+](=O)[O-])c3)sc2c1. The Morgan fingerprint density at radius 3 is 2.81 bits per heavy atom. The topological polar surface area (TPSA) is 123 Å². The summed E-state index contributed by atoms with van der Waals surface area (Å²) in [6, 6.07) is 10.6. The van der Waals surface area contributed by atoms with Crippen molar-refractivity contribution in [1.82, 2.24) is 10.3 Å². The third-order valence-corrected chi connectivity index (χ3v) is 4.50. The number of nitrogens with one attached hydrogen (secondary N) is 2. The summed E-state index contributed by atoms with van der Waals surface area (Å²) in [6.45, 7) is -0.291. The van der Waals surface area contributed by atoms with E-state index in [0.717, 1.165) is 16.3 Å². The van der Waals surface area contributed by atoms with E-state index in [2.05, 4.69) is 15.6 Å². The van der Waals surface area contributed by atoms with Gasteiger partial charge in [0.25, 0.3) is 11.6 Å². The standard InChI is InChI=1S/C17H14N4O5S/c1-26-12-5-6-13-14(8-12)27-17(19-13)20-15(22)9-18-16(23)10-3-2-4-11(7-10)21(24)25/h2-8H,9H2,1H3,(H,18,23)(H,19,20,22). The number of benzene rings is 2. The Bertz CT molecular complexity index is 1030. The molecule has 1 aromatic heterocycles. The Balaban J connectivity index is 1.60. The lowest BCUT2D eigenvalue weighted by molar-refractivity contribution is -0.384. The lowest BCUT2D eigenvalue weighted by Gasteiger charge is -2.05. The highest BCUT2D eigenvalue weighted by molar-refractivity contribution is 7.22. The van der Waals surface area contributed by atoms with Crippen LogP contribution in [0, 0.1) is 10.1 Å². The van der Waals surface area contributed by atoms with Gasteiger partial charge in [-0.05, 0) is 24.3 Å². The van der Waals surface area contributed by atoms with Gasteiger partial charge < -0.3 is 15.4 Å². The minimum absolute atomic E-state index is 0.101. The van der Waals surface area contributed by atoms with E-state index in [1.165, 1.54) is 29.5 Å². The number of nitrogens with zero attached hydrogens (tertiary/aromatic N) is 2. The van der Waals surface area contributed by atoms with Crippen molar-refractivity contribution in [2.45, 2.75) is 0 Å². The molecule has 3 aromatic rings. The quantitative estimate of drug-likeness (QED) is 0.496. The van der Waals surface area contributed by atoms with E-state index < -0.39 is 16.7 Å². The van der Waals surface area contributed by atoms with Crippen molar-refractivity contribution in [3.8, 4) is 5.75 Å². The number of hydrogen-bond donors (Lipinski definition) is 2. The number of anilines is 1. The Kier molecular flexibility index (Phi) is 5.27. The zero-order chi connectivity index (χ0) is 19.4. The molecule has 0 saturated heterocycles. The van der Waals surface area contributed by atoms with E-state index in [0.29, 0.717) is 10.9 Å². The van der Waals surface area contributed by atoms with Gasteiger partial charge in [-0.3, -0.25) is 19.7 Å². The molecule has 27 heavy (non-hydrogen) atoms. The number of methoxy groups -OCH3 is 1. The minimum atomic E-state index is -0.592. The highest BCUT2D eigenvalue weighted by Crippen LogP contribution is 2.29. The van der Waals surface area contributed by atoms with Crippen molar-refractivity contribution in [3.63, 3.8) is 0 Å². The highest BCUT2D eigenvalue weighted by atomic mass is 32.1. The molecular formula is C17H14N4O5S. The fourth-order valence-corrected chi connectivity index (χ4v) is 3.18. The molecule has 2 N–H and O–H groups in total. The lowest BCUT2D eigenvalue weighted by atomic mass is 10.2. The van der Waals surface area contributed by atoms with Crippen molar-refractivity contribution < 1.29 is 19.2 Å². The van der Waals surface area contributed by atoms with E-state index in [1.807, 2.05) is 6.07 Å². The zero-order valence-corrected chi connectivity index (χ0v) is 14.9. The van der Waals surface area contributed by atoms with Crippen LogP contribution >= 0.6 is 11.3 Å². The number of ether oxygens (including phenoxy) is 1. The van der Waals surface area contributed by atoms with Gasteiger partial charge in [0.2, 0.25) is 5.91 Å². The van der Waals surface area contributed by atoms with Gasteiger partial charge in [0.15, 0.2) is 5.13 Å². The number of rotatable bonds is 6. The first kappa shape index (κ1) is 18.3. The Morgan fingerprint density at radius 1 is 1.26 bits per heavy atom. The Morgan fingerprint density at radius 2 is 2.07 bits per heavy atom. The van der Waals surface area contributed by atoms with Gasteiger partial charge in [-0.2, -0.15) is 0 Å². The van der Waals surface area contributed by atoms with E-state index in [4.69, 9.17) is 4.74 Å². The molecule has 0 aliphatic heterocycles. The molecule has 0 spiro atoms. The fourth-order valence-electron chi connectivity index (χ4n) is 2.27. The number of nitro groups is 1. The van der Waals surface area contributed by atoms with Gasteiger partial charge in [0.05, 0.1) is 28.8 Å². The molecule has 2 aromatic carbocycles. The molecule has 0 fully saturated rings. The average molecular weight is 386 g/mol. The fraction of sp³-hybridized carbons (Fsp3) is 0.118. The predicted molar refractivity (Wildman–Crippen MR) is 100 cm³/mol. The maximum atomic E-state index is 12.0. The van der Waals surface area contributed by atoms with E-state index in [9.17, 15) is 19.7 Å². The van der Waals surface area contributed by atoms with Gasteiger partial charge >= 0.3 is 0 Å². The molecule has 9 nitrogen and oxygen atoms in total. The molecular weight excluding hydrogens is 372 g/mol. The summed E-state index contributed by atoms with van der Waals surface area (Å²) in [7, 11) is 1.56.